The number of hydrogen-bond donors (Lipinski definition) is 2. The zero-order valence-corrected chi connectivity index (χ0v) is 12.8. The van der Waals surface area contributed by atoms with E-state index in [1.807, 2.05) is 0 Å². The molecule has 0 aliphatic carbocycles. The normalized spacial score (nSPS) is 21.9. The van der Waals surface area contributed by atoms with Gasteiger partial charge in [-0.25, -0.2) is 4.39 Å². The van der Waals surface area contributed by atoms with Crippen LogP contribution in [0.5, 0.6) is 0 Å². The summed E-state index contributed by atoms with van der Waals surface area (Å²) in [5.41, 5.74) is 1.13. The molecule has 112 valence electrons. The number of aryl methyl sites for hydroxylation is 1. The number of nitrogens with one attached hydrogen (secondary N) is 2. The molecule has 0 spiro atoms. The first-order valence-corrected chi connectivity index (χ1v) is 6.75. The topological polar surface area (TPSA) is 41.1 Å². The van der Waals surface area contributed by atoms with Crippen LogP contribution in [0.3, 0.4) is 0 Å². The van der Waals surface area contributed by atoms with Gasteiger partial charge < -0.3 is 10.6 Å². The van der Waals surface area contributed by atoms with E-state index >= 15 is 0 Å². The molecule has 1 amide bonds. The Morgan fingerprint density at radius 1 is 1.50 bits per heavy atom. The summed E-state index contributed by atoms with van der Waals surface area (Å²) in [6.45, 7) is 6.47. The average molecular weight is 301 g/mol. The largest absolute Gasteiger partial charge is 0.351 e. The maximum absolute atomic E-state index is 13.2. The predicted octanol–water partition coefficient (Wildman–Crippen LogP) is 2.68. The summed E-state index contributed by atoms with van der Waals surface area (Å²) in [6.07, 6.45) is 2.25. The second kappa shape index (κ2) is 7.04. The zero-order chi connectivity index (χ0) is 13.9. The lowest BCUT2D eigenvalue weighted by atomic mass is 9.83. The van der Waals surface area contributed by atoms with Crippen LogP contribution < -0.4 is 10.6 Å². The average Bonchev–Trinajstić information content (AvgIpc) is 2.40. The maximum atomic E-state index is 13.2. The minimum Gasteiger partial charge on any atom is -0.351 e. The molecule has 1 aliphatic rings. The summed E-state index contributed by atoms with van der Waals surface area (Å²) in [7, 11) is 0. The van der Waals surface area contributed by atoms with E-state index < -0.39 is 0 Å². The Morgan fingerprint density at radius 2 is 2.25 bits per heavy atom. The number of halogens is 2. The highest BCUT2D eigenvalue weighted by molar-refractivity contribution is 5.94. The van der Waals surface area contributed by atoms with Gasteiger partial charge in [-0.3, -0.25) is 4.79 Å². The summed E-state index contributed by atoms with van der Waals surface area (Å²) < 4.78 is 13.2. The van der Waals surface area contributed by atoms with E-state index in [1.165, 1.54) is 12.1 Å². The summed E-state index contributed by atoms with van der Waals surface area (Å²) in [6, 6.07) is 4.46. The van der Waals surface area contributed by atoms with Gasteiger partial charge in [-0.2, -0.15) is 0 Å². The maximum Gasteiger partial charge on any atom is 0.251 e. The molecule has 2 N–H and O–H groups in total. The Kier molecular flexibility index (Phi) is 5.96. The Labute approximate surface area is 125 Å². The number of carbonyl (C=O) groups excluding carboxylic acids is 1. The first kappa shape index (κ1) is 16.9. The van der Waals surface area contributed by atoms with Gasteiger partial charge >= 0.3 is 0 Å². The van der Waals surface area contributed by atoms with E-state index in [0.717, 1.165) is 25.9 Å². The van der Waals surface area contributed by atoms with Crippen LogP contribution in [0.2, 0.25) is 0 Å². The number of benzene rings is 1. The van der Waals surface area contributed by atoms with E-state index in [-0.39, 0.29) is 29.5 Å². The van der Waals surface area contributed by atoms with Crippen molar-refractivity contribution >= 4 is 18.3 Å². The summed E-state index contributed by atoms with van der Waals surface area (Å²) in [5, 5.41) is 6.31. The molecule has 0 aromatic heterocycles. The number of carbonyl (C=O) groups is 1. The van der Waals surface area contributed by atoms with Crippen molar-refractivity contribution < 1.29 is 9.18 Å². The van der Waals surface area contributed by atoms with Gasteiger partial charge in [0.15, 0.2) is 0 Å². The van der Waals surface area contributed by atoms with Crippen molar-refractivity contribution in [3.63, 3.8) is 0 Å². The number of amides is 1. The molecule has 1 heterocycles. The fraction of sp³-hybridized carbons (Fsp3) is 0.533. The van der Waals surface area contributed by atoms with Gasteiger partial charge in [0.25, 0.3) is 5.91 Å². The third-order valence-corrected chi connectivity index (χ3v) is 3.78. The van der Waals surface area contributed by atoms with Crippen LogP contribution >= 0.6 is 12.4 Å². The summed E-state index contributed by atoms with van der Waals surface area (Å²) >= 11 is 0. The van der Waals surface area contributed by atoms with Gasteiger partial charge in [0, 0.05) is 18.7 Å². The van der Waals surface area contributed by atoms with Crippen molar-refractivity contribution in [2.24, 2.45) is 5.41 Å². The molecule has 1 aromatic carbocycles. The van der Waals surface area contributed by atoms with Crippen LogP contribution in [0.25, 0.3) is 0 Å². The lowest BCUT2D eigenvalue weighted by molar-refractivity contribution is 0.0924. The van der Waals surface area contributed by atoms with Crippen molar-refractivity contribution in [2.45, 2.75) is 26.7 Å². The lowest BCUT2D eigenvalue weighted by Gasteiger charge is -2.34. The van der Waals surface area contributed by atoms with Crippen LogP contribution in [0.4, 0.5) is 4.39 Å². The van der Waals surface area contributed by atoms with E-state index in [0.29, 0.717) is 17.7 Å². The fourth-order valence-electron chi connectivity index (χ4n) is 2.45. The molecule has 2 rings (SSSR count). The lowest BCUT2D eigenvalue weighted by Crippen LogP contribution is -2.45. The van der Waals surface area contributed by atoms with Gasteiger partial charge in [-0.05, 0) is 55.5 Å². The van der Waals surface area contributed by atoms with Crippen molar-refractivity contribution in [1.29, 1.82) is 0 Å². The Bertz CT molecular complexity index is 473. The van der Waals surface area contributed by atoms with Gasteiger partial charge in [0.2, 0.25) is 0 Å². The van der Waals surface area contributed by atoms with Crippen LogP contribution in [0.1, 0.15) is 35.7 Å². The standard InChI is InChI=1S/C15H21FN2O.ClH/c1-11-8-12(4-5-13(11)16)14(19)18-10-15(2)6-3-7-17-9-15;/h4-5,8,17H,3,6-7,9-10H2,1-2H3,(H,18,19);1H. The second-order valence-electron chi connectivity index (χ2n) is 5.74. The molecule has 0 radical (unpaired) electrons. The Morgan fingerprint density at radius 3 is 2.85 bits per heavy atom. The van der Waals surface area contributed by atoms with Crippen LogP contribution in [0.15, 0.2) is 18.2 Å². The van der Waals surface area contributed by atoms with Gasteiger partial charge in [0.1, 0.15) is 5.82 Å². The molecule has 1 saturated heterocycles. The van der Waals surface area contributed by atoms with Gasteiger partial charge in [0.05, 0.1) is 0 Å². The first-order chi connectivity index (χ1) is 9.00. The molecule has 1 aromatic rings. The number of rotatable bonds is 3. The minimum absolute atomic E-state index is 0. The van der Waals surface area contributed by atoms with Crippen molar-refractivity contribution in [2.75, 3.05) is 19.6 Å². The third kappa shape index (κ3) is 4.18. The number of piperidine rings is 1. The smallest absolute Gasteiger partial charge is 0.251 e. The van der Waals surface area contributed by atoms with Crippen molar-refractivity contribution in [3.8, 4) is 0 Å². The Hall–Kier alpha value is -1.13. The highest BCUT2D eigenvalue weighted by Crippen LogP contribution is 2.24. The van der Waals surface area contributed by atoms with Crippen molar-refractivity contribution in [3.05, 3.63) is 35.1 Å². The van der Waals surface area contributed by atoms with Crippen molar-refractivity contribution in [1.82, 2.24) is 10.6 Å². The monoisotopic (exact) mass is 300 g/mol. The molecular formula is C15H22ClFN2O. The molecule has 20 heavy (non-hydrogen) atoms. The number of hydrogen-bond acceptors (Lipinski definition) is 2. The molecule has 0 bridgehead atoms. The summed E-state index contributed by atoms with van der Waals surface area (Å²) in [4.78, 5) is 12.0. The van der Waals surface area contributed by atoms with E-state index in [9.17, 15) is 9.18 Å². The minimum atomic E-state index is -0.278. The predicted molar refractivity (Wildman–Crippen MR) is 80.9 cm³/mol. The molecule has 0 saturated carbocycles. The van der Waals surface area contributed by atoms with Crippen LogP contribution in [-0.4, -0.2) is 25.5 Å². The fourth-order valence-corrected chi connectivity index (χ4v) is 2.45. The molecule has 5 heteroatoms. The van der Waals surface area contributed by atoms with E-state index in [4.69, 9.17) is 0 Å². The third-order valence-electron chi connectivity index (χ3n) is 3.78. The zero-order valence-electron chi connectivity index (χ0n) is 12.0. The van der Waals surface area contributed by atoms with E-state index in [1.54, 1.807) is 13.0 Å². The highest BCUT2D eigenvalue weighted by Gasteiger charge is 2.27. The van der Waals surface area contributed by atoms with Crippen LogP contribution in [-0.2, 0) is 0 Å². The molecule has 1 atom stereocenters. The van der Waals surface area contributed by atoms with Crippen LogP contribution in [0, 0.1) is 18.2 Å². The molecule has 1 fully saturated rings. The molecular weight excluding hydrogens is 279 g/mol. The first-order valence-electron chi connectivity index (χ1n) is 6.75. The van der Waals surface area contributed by atoms with E-state index in [2.05, 4.69) is 17.6 Å². The highest BCUT2D eigenvalue weighted by atomic mass is 35.5. The molecule has 1 aliphatic heterocycles. The van der Waals surface area contributed by atoms with Gasteiger partial charge in [-0.1, -0.05) is 6.92 Å². The molecule has 1 unspecified atom stereocenters. The SMILES string of the molecule is Cc1cc(C(=O)NCC2(C)CCCNC2)ccc1F.Cl. The second-order valence-corrected chi connectivity index (χ2v) is 5.74. The van der Waals surface area contributed by atoms with Gasteiger partial charge in [-0.15, -0.1) is 12.4 Å². The Balaban J connectivity index is 0.00000200. The molecule has 3 nitrogen and oxygen atoms in total. The summed E-state index contributed by atoms with van der Waals surface area (Å²) in [5.74, 6) is -0.408. The quantitative estimate of drug-likeness (QED) is 0.901.